The third kappa shape index (κ3) is 6.43. The maximum Gasteiger partial charge on any atom is 0.327 e. The molecule has 0 saturated carbocycles. The molecule has 0 spiro atoms. The van der Waals surface area contributed by atoms with Gasteiger partial charge < -0.3 is 20.1 Å². The molecule has 0 aliphatic carbocycles. The van der Waals surface area contributed by atoms with E-state index in [2.05, 4.69) is 5.32 Å². The van der Waals surface area contributed by atoms with Crippen LogP contribution in [0, 0.1) is 11.8 Å². The summed E-state index contributed by atoms with van der Waals surface area (Å²) in [5, 5.41) is 11.6. The Labute approximate surface area is 203 Å². The number of thioether (sulfide) groups is 2. The molecular weight excluding hydrogens is 466 g/mol. The first kappa shape index (κ1) is 26.3. The van der Waals surface area contributed by atoms with Crippen LogP contribution in [0.5, 0.6) is 0 Å². The summed E-state index contributed by atoms with van der Waals surface area (Å²) in [6.07, 6.45) is 1.90. The van der Waals surface area contributed by atoms with Crippen LogP contribution in [0.1, 0.15) is 40.0 Å². The number of rotatable bonds is 8. The predicted molar refractivity (Wildman–Crippen MR) is 128 cm³/mol. The van der Waals surface area contributed by atoms with Crippen molar-refractivity contribution in [3.63, 3.8) is 0 Å². The standard InChI is InChI=1S/C22H35N3O6S2/c1-4-13(2)18(33-17(26)11-24-7-9-31-10-8-24)19(27)23-15-6-5-14(3)21-25(20(15)28)16(12-32-21)22(29)30/h13-16,18,21H,4-12H2,1-3H3,(H,23,27)(H,29,30)/t13-,14?,15?,16?,18-,21?/m0/s1. The molecule has 3 rings (SSSR count). The molecule has 0 aromatic carbocycles. The summed E-state index contributed by atoms with van der Waals surface area (Å²) in [6, 6.07) is -1.64. The third-order valence-electron chi connectivity index (χ3n) is 6.72. The van der Waals surface area contributed by atoms with Crippen molar-refractivity contribution in [2.75, 3.05) is 38.6 Å². The topological polar surface area (TPSA) is 116 Å². The number of morpholine rings is 1. The maximum atomic E-state index is 13.3. The first-order valence-corrected chi connectivity index (χ1v) is 13.6. The van der Waals surface area contributed by atoms with Crippen molar-refractivity contribution in [1.29, 1.82) is 0 Å². The Morgan fingerprint density at radius 1 is 1.27 bits per heavy atom. The number of carbonyl (C=O) groups excluding carboxylic acids is 3. The molecule has 186 valence electrons. The predicted octanol–water partition coefficient (Wildman–Crippen LogP) is 1.26. The zero-order valence-electron chi connectivity index (χ0n) is 19.5. The minimum Gasteiger partial charge on any atom is -0.480 e. The molecule has 3 fully saturated rings. The number of hydrogen-bond donors (Lipinski definition) is 2. The second-order valence-corrected chi connectivity index (χ2v) is 11.5. The normalized spacial score (nSPS) is 30.3. The lowest BCUT2D eigenvalue weighted by molar-refractivity contribution is -0.150. The van der Waals surface area contributed by atoms with Crippen LogP contribution >= 0.6 is 23.5 Å². The number of carboxylic acid groups (broad SMARTS) is 1. The maximum absolute atomic E-state index is 13.3. The monoisotopic (exact) mass is 501 g/mol. The molecule has 2 N–H and O–H groups in total. The van der Waals surface area contributed by atoms with Gasteiger partial charge in [-0.25, -0.2) is 4.79 Å². The molecule has 2 amide bonds. The Hall–Kier alpha value is -1.30. The SMILES string of the molecule is CC[C@H](C)[C@H](SC(=O)CN1CCOCC1)C(=O)NC1CCC(C)C2SCC(C(=O)O)N2C1=O. The van der Waals surface area contributed by atoms with Crippen molar-refractivity contribution in [3.05, 3.63) is 0 Å². The molecule has 33 heavy (non-hydrogen) atoms. The average Bonchev–Trinajstić information content (AvgIpc) is 3.21. The number of nitrogens with one attached hydrogen (secondary N) is 1. The fraction of sp³-hybridized carbons (Fsp3) is 0.818. The molecule has 0 radical (unpaired) electrons. The first-order chi connectivity index (χ1) is 15.7. The van der Waals surface area contributed by atoms with Crippen LogP contribution in [0.2, 0.25) is 0 Å². The zero-order valence-corrected chi connectivity index (χ0v) is 21.2. The number of nitrogens with zero attached hydrogens (tertiary/aromatic N) is 2. The Kier molecular flexibility index (Phi) is 9.49. The van der Waals surface area contributed by atoms with E-state index < -0.39 is 23.3 Å². The van der Waals surface area contributed by atoms with Crippen LogP contribution in [-0.2, 0) is 23.9 Å². The van der Waals surface area contributed by atoms with Gasteiger partial charge in [-0.1, -0.05) is 39.0 Å². The molecule has 0 bridgehead atoms. The van der Waals surface area contributed by atoms with E-state index in [0.29, 0.717) is 44.9 Å². The summed E-state index contributed by atoms with van der Waals surface area (Å²) < 4.78 is 5.32. The van der Waals surface area contributed by atoms with Crippen LogP contribution in [0.4, 0.5) is 0 Å². The first-order valence-electron chi connectivity index (χ1n) is 11.7. The Morgan fingerprint density at radius 3 is 2.61 bits per heavy atom. The lowest BCUT2D eigenvalue weighted by Crippen LogP contribution is -2.55. The molecule has 3 aliphatic heterocycles. The quantitative estimate of drug-likeness (QED) is 0.507. The van der Waals surface area contributed by atoms with Gasteiger partial charge in [0.15, 0.2) is 0 Å². The van der Waals surface area contributed by atoms with Gasteiger partial charge in [-0.15, -0.1) is 11.8 Å². The van der Waals surface area contributed by atoms with E-state index in [9.17, 15) is 24.3 Å². The highest BCUT2D eigenvalue weighted by molar-refractivity contribution is 8.14. The van der Waals surface area contributed by atoms with Crippen LogP contribution in [0.25, 0.3) is 0 Å². The molecule has 3 heterocycles. The summed E-state index contributed by atoms with van der Waals surface area (Å²) in [5.41, 5.74) is 0. The zero-order chi connectivity index (χ0) is 24.1. The minimum absolute atomic E-state index is 0.0506. The molecule has 6 atom stereocenters. The number of ether oxygens (including phenoxy) is 1. The van der Waals surface area contributed by atoms with Gasteiger partial charge >= 0.3 is 5.97 Å². The summed E-state index contributed by atoms with van der Waals surface area (Å²) in [5.74, 6) is -1.22. The van der Waals surface area contributed by atoms with E-state index in [1.807, 2.05) is 25.7 Å². The van der Waals surface area contributed by atoms with E-state index in [0.717, 1.165) is 18.2 Å². The Balaban J connectivity index is 1.68. The van der Waals surface area contributed by atoms with Gasteiger partial charge in [0, 0.05) is 18.8 Å². The van der Waals surface area contributed by atoms with Gasteiger partial charge in [0.2, 0.25) is 16.9 Å². The number of carboxylic acids is 1. The summed E-state index contributed by atoms with van der Waals surface area (Å²) in [4.78, 5) is 54.5. The molecule has 3 saturated heterocycles. The average molecular weight is 502 g/mol. The lowest BCUT2D eigenvalue weighted by atomic mass is 10.0. The smallest absolute Gasteiger partial charge is 0.327 e. The number of aliphatic carboxylic acids is 1. The highest BCUT2D eigenvalue weighted by atomic mass is 32.2. The van der Waals surface area contributed by atoms with Gasteiger partial charge in [-0.2, -0.15) is 0 Å². The van der Waals surface area contributed by atoms with Crippen molar-refractivity contribution in [1.82, 2.24) is 15.1 Å². The summed E-state index contributed by atoms with van der Waals surface area (Å²) in [7, 11) is 0. The van der Waals surface area contributed by atoms with Crippen LogP contribution < -0.4 is 5.32 Å². The van der Waals surface area contributed by atoms with Gasteiger partial charge in [-0.3, -0.25) is 19.3 Å². The van der Waals surface area contributed by atoms with Crippen molar-refractivity contribution in [2.24, 2.45) is 11.8 Å². The molecule has 0 aromatic heterocycles. The Morgan fingerprint density at radius 2 is 1.97 bits per heavy atom. The van der Waals surface area contributed by atoms with Gasteiger partial charge in [0.25, 0.3) is 0 Å². The number of amides is 2. The minimum atomic E-state index is -1.01. The van der Waals surface area contributed by atoms with E-state index in [-0.39, 0.29) is 40.7 Å². The van der Waals surface area contributed by atoms with Gasteiger partial charge in [0.1, 0.15) is 12.1 Å². The molecule has 3 aliphatic rings. The number of hydrogen-bond acceptors (Lipinski definition) is 8. The van der Waals surface area contributed by atoms with E-state index in [4.69, 9.17) is 4.74 Å². The fourth-order valence-electron chi connectivity index (χ4n) is 4.46. The molecule has 9 nitrogen and oxygen atoms in total. The molecule has 0 aromatic rings. The van der Waals surface area contributed by atoms with Crippen molar-refractivity contribution in [2.45, 2.75) is 62.7 Å². The van der Waals surface area contributed by atoms with E-state index in [1.54, 1.807) is 0 Å². The van der Waals surface area contributed by atoms with E-state index in [1.165, 1.54) is 16.7 Å². The second-order valence-electron chi connectivity index (χ2n) is 9.12. The fourth-order valence-corrected chi connectivity index (χ4v) is 7.16. The van der Waals surface area contributed by atoms with Crippen LogP contribution in [-0.4, -0.2) is 99.1 Å². The highest BCUT2D eigenvalue weighted by Crippen LogP contribution is 2.39. The number of carbonyl (C=O) groups is 4. The number of fused-ring (bicyclic) bond motifs is 1. The second kappa shape index (κ2) is 11.9. The molecular formula is C22H35N3O6S2. The van der Waals surface area contributed by atoms with Crippen molar-refractivity contribution in [3.8, 4) is 0 Å². The van der Waals surface area contributed by atoms with Gasteiger partial charge in [-0.05, 0) is 24.7 Å². The van der Waals surface area contributed by atoms with Crippen LogP contribution in [0.3, 0.4) is 0 Å². The van der Waals surface area contributed by atoms with Gasteiger partial charge in [0.05, 0.1) is 30.4 Å². The van der Waals surface area contributed by atoms with Crippen LogP contribution in [0.15, 0.2) is 0 Å². The third-order valence-corrected chi connectivity index (χ3v) is 9.59. The summed E-state index contributed by atoms with van der Waals surface area (Å²) >= 11 is 2.54. The van der Waals surface area contributed by atoms with Crippen molar-refractivity contribution >= 4 is 46.4 Å². The molecule has 4 unspecified atom stereocenters. The largest absolute Gasteiger partial charge is 0.480 e. The lowest BCUT2D eigenvalue weighted by Gasteiger charge is -2.31. The molecule has 11 heteroatoms. The Bertz CT molecular complexity index is 748. The van der Waals surface area contributed by atoms with E-state index >= 15 is 0 Å². The summed E-state index contributed by atoms with van der Waals surface area (Å²) in [6.45, 7) is 8.78. The highest BCUT2D eigenvalue weighted by Gasteiger charge is 2.48. The van der Waals surface area contributed by atoms with Crippen molar-refractivity contribution < 1.29 is 29.0 Å².